The van der Waals surface area contributed by atoms with Gasteiger partial charge in [-0.2, -0.15) is 0 Å². The number of primary amides is 1. The van der Waals surface area contributed by atoms with Gasteiger partial charge in [-0.3, -0.25) is 24.0 Å². The second kappa shape index (κ2) is 12.0. The average Bonchev–Trinajstić information content (AvgIpc) is 3.17. The summed E-state index contributed by atoms with van der Waals surface area (Å²) in [4.78, 5) is 71.8. The molecule has 0 spiro atoms. The van der Waals surface area contributed by atoms with Crippen molar-refractivity contribution in [2.75, 3.05) is 6.54 Å². The van der Waals surface area contributed by atoms with E-state index in [1.54, 1.807) is 0 Å². The molecule has 1 rings (SSSR count). The molecule has 0 saturated carbocycles. The van der Waals surface area contributed by atoms with Gasteiger partial charge in [-0.15, -0.1) is 0 Å². The molecule has 0 radical (unpaired) electrons. The number of amides is 4. The first kappa shape index (κ1) is 26.8. The van der Waals surface area contributed by atoms with Gasteiger partial charge < -0.3 is 42.3 Å². The molecule has 1 fully saturated rings. The molecular formula is C18H29N5O9. The van der Waals surface area contributed by atoms with Crippen molar-refractivity contribution in [3.63, 3.8) is 0 Å². The minimum Gasteiger partial charge on any atom is -0.481 e. The molecule has 0 bridgehead atoms. The van der Waals surface area contributed by atoms with Crippen molar-refractivity contribution in [1.29, 1.82) is 0 Å². The normalized spacial score (nSPS) is 19.3. The van der Waals surface area contributed by atoms with Gasteiger partial charge in [0.25, 0.3) is 0 Å². The molecule has 32 heavy (non-hydrogen) atoms. The van der Waals surface area contributed by atoms with Gasteiger partial charge in [0.2, 0.25) is 23.6 Å². The van der Waals surface area contributed by atoms with Gasteiger partial charge in [0.1, 0.15) is 18.1 Å². The first-order valence-electron chi connectivity index (χ1n) is 9.92. The van der Waals surface area contributed by atoms with E-state index in [0.29, 0.717) is 6.42 Å². The second-order valence-corrected chi connectivity index (χ2v) is 7.53. The van der Waals surface area contributed by atoms with Crippen LogP contribution in [0.3, 0.4) is 0 Å². The zero-order valence-corrected chi connectivity index (χ0v) is 17.5. The predicted molar refractivity (Wildman–Crippen MR) is 107 cm³/mol. The highest BCUT2D eigenvalue weighted by Crippen LogP contribution is 2.19. The summed E-state index contributed by atoms with van der Waals surface area (Å²) in [5.74, 6) is -6.08. The van der Waals surface area contributed by atoms with E-state index in [4.69, 9.17) is 21.7 Å². The molecule has 0 aromatic heterocycles. The predicted octanol–water partition coefficient (Wildman–Crippen LogP) is -3.52. The molecule has 14 heteroatoms. The number of nitrogens with one attached hydrogen (secondary N) is 2. The highest BCUT2D eigenvalue weighted by atomic mass is 16.4. The number of hydrogen-bond donors (Lipinski definition) is 7. The maximum atomic E-state index is 12.7. The van der Waals surface area contributed by atoms with Crippen LogP contribution in [0.15, 0.2) is 0 Å². The van der Waals surface area contributed by atoms with E-state index in [-0.39, 0.29) is 25.8 Å². The molecule has 9 N–H and O–H groups in total. The van der Waals surface area contributed by atoms with Crippen molar-refractivity contribution in [3.8, 4) is 0 Å². The van der Waals surface area contributed by atoms with Gasteiger partial charge >= 0.3 is 11.9 Å². The molecule has 0 aliphatic carbocycles. The molecule has 4 amide bonds. The Morgan fingerprint density at radius 3 is 2.25 bits per heavy atom. The third kappa shape index (κ3) is 7.77. The number of likely N-dealkylation sites (tertiary alicyclic amines) is 1. The number of aliphatic hydroxyl groups is 1. The molecule has 1 aliphatic rings. The molecule has 0 aromatic rings. The highest BCUT2D eigenvalue weighted by molar-refractivity contribution is 5.95. The Morgan fingerprint density at radius 1 is 1.12 bits per heavy atom. The molecule has 5 atom stereocenters. The fourth-order valence-electron chi connectivity index (χ4n) is 3.24. The third-order valence-corrected chi connectivity index (χ3v) is 4.91. The van der Waals surface area contributed by atoms with Crippen LogP contribution >= 0.6 is 0 Å². The average molecular weight is 459 g/mol. The Labute approximate surface area is 183 Å². The molecule has 1 saturated heterocycles. The van der Waals surface area contributed by atoms with E-state index in [1.165, 1.54) is 11.8 Å². The van der Waals surface area contributed by atoms with Crippen molar-refractivity contribution in [1.82, 2.24) is 15.5 Å². The van der Waals surface area contributed by atoms with Crippen LogP contribution in [0.5, 0.6) is 0 Å². The first-order valence-corrected chi connectivity index (χ1v) is 9.92. The molecule has 1 heterocycles. The van der Waals surface area contributed by atoms with Gasteiger partial charge in [0, 0.05) is 13.0 Å². The Balaban J connectivity index is 2.86. The Kier molecular flexibility index (Phi) is 10.00. The van der Waals surface area contributed by atoms with Crippen LogP contribution in [0, 0.1) is 0 Å². The molecule has 5 unspecified atom stereocenters. The van der Waals surface area contributed by atoms with Crippen molar-refractivity contribution >= 4 is 35.6 Å². The second-order valence-electron chi connectivity index (χ2n) is 7.53. The maximum absolute atomic E-state index is 12.7. The SMILES string of the molecule is CC(O)C(NC(=O)C1CCCN1C(=O)C(N)CCC(=O)O)C(=O)NC(CC(N)=O)C(=O)O. The van der Waals surface area contributed by atoms with Crippen molar-refractivity contribution < 1.29 is 44.1 Å². The number of carboxylic acids is 2. The molecular weight excluding hydrogens is 430 g/mol. The number of hydrogen-bond acceptors (Lipinski definition) is 8. The van der Waals surface area contributed by atoms with Crippen LogP contribution in [-0.4, -0.2) is 92.6 Å². The summed E-state index contributed by atoms with van der Waals surface area (Å²) < 4.78 is 0. The summed E-state index contributed by atoms with van der Waals surface area (Å²) in [5, 5.41) is 32.1. The molecule has 1 aliphatic heterocycles. The van der Waals surface area contributed by atoms with Crippen LogP contribution in [0.1, 0.15) is 39.0 Å². The van der Waals surface area contributed by atoms with Crippen molar-refractivity contribution in [2.24, 2.45) is 11.5 Å². The van der Waals surface area contributed by atoms with Crippen LogP contribution in [0.2, 0.25) is 0 Å². The lowest BCUT2D eigenvalue weighted by molar-refractivity contribution is -0.145. The van der Waals surface area contributed by atoms with E-state index < -0.39 is 72.3 Å². The van der Waals surface area contributed by atoms with Gasteiger partial charge in [-0.25, -0.2) is 4.79 Å². The third-order valence-electron chi connectivity index (χ3n) is 4.91. The lowest BCUT2D eigenvalue weighted by Crippen LogP contribution is -2.59. The number of nitrogens with zero attached hydrogens (tertiary/aromatic N) is 1. The van der Waals surface area contributed by atoms with Crippen molar-refractivity contribution in [2.45, 2.75) is 69.3 Å². The number of carbonyl (C=O) groups is 6. The fraction of sp³-hybridized carbons (Fsp3) is 0.667. The number of rotatable bonds is 12. The summed E-state index contributed by atoms with van der Waals surface area (Å²) in [5.41, 5.74) is 10.7. The Hall–Kier alpha value is -3.26. The summed E-state index contributed by atoms with van der Waals surface area (Å²) in [7, 11) is 0. The maximum Gasteiger partial charge on any atom is 0.326 e. The summed E-state index contributed by atoms with van der Waals surface area (Å²) in [6.07, 6.45) is -1.87. The standard InChI is InChI=1S/C18H29N5O9/c1-8(24)14(16(29)21-10(18(31)32)7-12(20)25)22-15(28)11-3-2-6-23(11)17(30)9(19)4-5-13(26)27/h8-11,14,24H,2-7,19H2,1H3,(H2,20,25)(H,21,29)(H,22,28)(H,26,27)(H,31,32). The minimum absolute atomic E-state index is 0.117. The largest absolute Gasteiger partial charge is 0.481 e. The van der Waals surface area contributed by atoms with Gasteiger partial charge in [0.15, 0.2) is 0 Å². The van der Waals surface area contributed by atoms with E-state index in [1.807, 2.05) is 5.32 Å². The quantitative estimate of drug-likeness (QED) is 0.152. The van der Waals surface area contributed by atoms with E-state index in [0.717, 1.165) is 0 Å². The zero-order valence-electron chi connectivity index (χ0n) is 17.5. The summed E-state index contributed by atoms with van der Waals surface area (Å²) in [6, 6.07) is -5.36. The minimum atomic E-state index is -1.66. The Bertz CT molecular complexity index is 757. The van der Waals surface area contributed by atoms with Crippen LogP contribution < -0.4 is 22.1 Å². The van der Waals surface area contributed by atoms with Crippen molar-refractivity contribution in [3.05, 3.63) is 0 Å². The van der Waals surface area contributed by atoms with Crippen LogP contribution in [-0.2, 0) is 28.8 Å². The Morgan fingerprint density at radius 2 is 1.75 bits per heavy atom. The number of nitrogens with two attached hydrogens (primary N) is 2. The highest BCUT2D eigenvalue weighted by Gasteiger charge is 2.39. The summed E-state index contributed by atoms with van der Waals surface area (Å²) in [6.45, 7) is 1.39. The molecule has 14 nitrogen and oxygen atoms in total. The van der Waals surface area contributed by atoms with Gasteiger partial charge in [0.05, 0.1) is 18.6 Å². The first-order chi connectivity index (χ1) is 14.8. The summed E-state index contributed by atoms with van der Waals surface area (Å²) >= 11 is 0. The topological polar surface area (TPSA) is 242 Å². The van der Waals surface area contributed by atoms with E-state index >= 15 is 0 Å². The number of aliphatic hydroxyl groups excluding tert-OH is 1. The smallest absolute Gasteiger partial charge is 0.326 e. The molecule has 0 aromatic carbocycles. The van der Waals surface area contributed by atoms with Gasteiger partial charge in [-0.05, 0) is 26.2 Å². The van der Waals surface area contributed by atoms with E-state index in [2.05, 4.69) is 5.32 Å². The zero-order chi connectivity index (χ0) is 24.6. The van der Waals surface area contributed by atoms with Crippen LogP contribution in [0.4, 0.5) is 0 Å². The number of carboxylic acid groups (broad SMARTS) is 2. The lowest BCUT2D eigenvalue weighted by Gasteiger charge is -2.29. The van der Waals surface area contributed by atoms with E-state index in [9.17, 15) is 33.9 Å². The number of carbonyl (C=O) groups excluding carboxylic acids is 4. The van der Waals surface area contributed by atoms with Gasteiger partial charge in [-0.1, -0.05) is 0 Å². The monoisotopic (exact) mass is 459 g/mol. The number of aliphatic carboxylic acids is 2. The lowest BCUT2D eigenvalue weighted by atomic mass is 10.1. The van der Waals surface area contributed by atoms with Crippen LogP contribution in [0.25, 0.3) is 0 Å². The molecule has 180 valence electrons. The fourth-order valence-corrected chi connectivity index (χ4v) is 3.24.